The molecule has 2 heterocycles. The van der Waals surface area contributed by atoms with Gasteiger partial charge in [-0.1, -0.05) is 12.2 Å². The monoisotopic (exact) mass is 149 g/mol. The fraction of sp³-hybridized carbons (Fsp3) is 0.556. The van der Waals surface area contributed by atoms with Crippen molar-refractivity contribution in [3.8, 4) is 0 Å². The van der Waals surface area contributed by atoms with Crippen LogP contribution in [0.4, 0.5) is 0 Å². The fourth-order valence-corrected chi connectivity index (χ4v) is 1.55. The summed E-state index contributed by atoms with van der Waals surface area (Å²) in [5.74, 6) is 1.19. The largest absolute Gasteiger partial charge is 0.368 e. The van der Waals surface area contributed by atoms with E-state index in [1.54, 1.807) is 0 Å². The standard InChI is InChI=1S/C9H13N2/c1-2-6-10-9(5-1)11-7-3-4-8-11/h1-2,10H,3-4,6-8H2. The molecule has 2 aliphatic heterocycles. The molecule has 0 aliphatic carbocycles. The molecule has 0 spiro atoms. The first-order valence-corrected chi connectivity index (χ1v) is 4.24. The summed E-state index contributed by atoms with van der Waals surface area (Å²) in [6.07, 6.45) is 9.96. The average molecular weight is 149 g/mol. The van der Waals surface area contributed by atoms with E-state index in [1.165, 1.54) is 31.8 Å². The van der Waals surface area contributed by atoms with Crippen molar-refractivity contribution in [2.24, 2.45) is 0 Å². The van der Waals surface area contributed by atoms with Crippen LogP contribution in [-0.2, 0) is 0 Å². The number of nitrogens with zero attached hydrogens (tertiary/aromatic N) is 1. The Bertz CT molecular complexity index is 188. The molecule has 0 aromatic rings. The third-order valence-corrected chi connectivity index (χ3v) is 2.15. The molecule has 0 amide bonds. The Kier molecular flexibility index (Phi) is 1.84. The lowest BCUT2D eigenvalue weighted by Gasteiger charge is -2.23. The van der Waals surface area contributed by atoms with Crippen LogP contribution in [0.25, 0.3) is 0 Å². The lowest BCUT2D eigenvalue weighted by molar-refractivity contribution is 0.391. The molecule has 2 heteroatoms. The maximum atomic E-state index is 3.31. The summed E-state index contributed by atoms with van der Waals surface area (Å²) in [6.45, 7) is 3.35. The molecular weight excluding hydrogens is 136 g/mol. The molecular formula is C9H13N2. The van der Waals surface area contributed by atoms with Crippen LogP contribution in [-0.4, -0.2) is 24.5 Å². The summed E-state index contributed by atoms with van der Waals surface area (Å²) in [5, 5.41) is 3.31. The van der Waals surface area contributed by atoms with Gasteiger partial charge >= 0.3 is 0 Å². The zero-order chi connectivity index (χ0) is 7.52. The van der Waals surface area contributed by atoms with Crippen molar-refractivity contribution < 1.29 is 0 Å². The van der Waals surface area contributed by atoms with E-state index in [2.05, 4.69) is 22.4 Å². The summed E-state index contributed by atoms with van der Waals surface area (Å²) in [6, 6.07) is 0. The third-order valence-electron chi connectivity index (χ3n) is 2.15. The van der Waals surface area contributed by atoms with E-state index in [0.29, 0.717) is 0 Å². The van der Waals surface area contributed by atoms with E-state index < -0.39 is 0 Å². The fourth-order valence-electron chi connectivity index (χ4n) is 1.55. The molecule has 2 rings (SSSR count). The van der Waals surface area contributed by atoms with E-state index in [-0.39, 0.29) is 0 Å². The first kappa shape index (κ1) is 6.77. The highest BCUT2D eigenvalue weighted by molar-refractivity contribution is 5.10. The molecule has 0 bridgehead atoms. The number of allylic oxidation sites excluding steroid dienone is 2. The molecule has 0 aromatic carbocycles. The van der Waals surface area contributed by atoms with Gasteiger partial charge in [-0.15, -0.1) is 0 Å². The summed E-state index contributed by atoms with van der Waals surface area (Å²) in [5.41, 5.74) is 0. The Morgan fingerprint density at radius 2 is 2.18 bits per heavy atom. The molecule has 0 unspecified atom stereocenters. The Morgan fingerprint density at radius 3 is 2.82 bits per heavy atom. The molecule has 0 atom stereocenters. The average Bonchev–Trinajstić information content (AvgIpc) is 2.58. The zero-order valence-corrected chi connectivity index (χ0v) is 6.64. The van der Waals surface area contributed by atoms with Crippen molar-refractivity contribution in [3.05, 3.63) is 24.0 Å². The number of hydrogen-bond acceptors (Lipinski definition) is 2. The highest BCUT2D eigenvalue weighted by atomic mass is 15.2. The van der Waals surface area contributed by atoms with Crippen LogP contribution in [0, 0.1) is 6.08 Å². The highest BCUT2D eigenvalue weighted by Crippen LogP contribution is 2.13. The number of hydrogen-bond donors (Lipinski definition) is 1. The van der Waals surface area contributed by atoms with Gasteiger partial charge in [0.1, 0.15) is 5.82 Å². The van der Waals surface area contributed by atoms with Crippen LogP contribution in [0.5, 0.6) is 0 Å². The lowest BCUT2D eigenvalue weighted by Crippen LogP contribution is -2.30. The van der Waals surface area contributed by atoms with Crippen molar-refractivity contribution in [1.82, 2.24) is 10.2 Å². The van der Waals surface area contributed by atoms with E-state index in [1.807, 2.05) is 6.08 Å². The van der Waals surface area contributed by atoms with Gasteiger partial charge in [0.25, 0.3) is 0 Å². The van der Waals surface area contributed by atoms with Gasteiger partial charge in [0, 0.05) is 25.7 Å². The third kappa shape index (κ3) is 1.39. The van der Waals surface area contributed by atoms with Crippen LogP contribution in [0.15, 0.2) is 18.0 Å². The maximum absolute atomic E-state index is 3.31. The molecule has 59 valence electrons. The SMILES string of the molecule is [C]1=C(N2CCCC2)NCC=C1. The van der Waals surface area contributed by atoms with Crippen molar-refractivity contribution >= 4 is 0 Å². The number of rotatable bonds is 1. The molecule has 2 nitrogen and oxygen atoms in total. The number of dihydropyridines is 1. The Balaban J connectivity index is 2.02. The van der Waals surface area contributed by atoms with Crippen LogP contribution in [0.2, 0.25) is 0 Å². The molecule has 0 aromatic heterocycles. The molecule has 1 saturated heterocycles. The van der Waals surface area contributed by atoms with E-state index in [9.17, 15) is 0 Å². The lowest BCUT2D eigenvalue weighted by atomic mass is 10.3. The Morgan fingerprint density at radius 1 is 1.36 bits per heavy atom. The maximum Gasteiger partial charge on any atom is 0.110 e. The topological polar surface area (TPSA) is 15.3 Å². The molecule has 1 fully saturated rings. The van der Waals surface area contributed by atoms with Gasteiger partial charge in [-0.05, 0) is 12.8 Å². The Hall–Kier alpha value is -0.920. The normalized spacial score (nSPS) is 23.3. The van der Waals surface area contributed by atoms with Gasteiger partial charge in [-0.3, -0.25) is 0 Å². The summed E-state index contributed by atoms with van der Waals surface area (Å²) in [7, 11) is 0. The van der Waals surface area contributed by atoms with Gasteiger partial charge in [-0.25, -0.2) is 0 Å². The smallest absolute Gasteiger partial charge is 0.110 e. The molecule has 11 heavy (non-hydrogen) atoms. The second kappa shape index (κ2) is 2.99. The van der Waals surface area contributed by atoms with Crippen LogP contribution in [0.1, 0.15) is 12.8 Å². The van der Waals surface area contributed by atoms with Crippen LogP contribution in [0.3, 0.4) is 0 Å². The minimum Gasteiger partial charge on any atom is -0.368 e. The highest BCUT2D eigenvalue weighted by Gasteiger charge is 2.14. The minimum atomic E-state index is 0.957. The van der Waals surface area contributed by atoms with Crippen LogP contribution >= 0.6 is 0 Å². The first-order chi connectivity index (χ1) is 5.47. The molecule has 1 N–H and O–H groups in total. The van der Waals surface area contributed by atoms with Crippen LogP contribution < -0.4 is 5.32 Å². The minimum absolute atomic E-state index is 0.957. The summed E-state index contributed by atoms with van der Waals surface area (Å²) >= 11 is 0. The Labute approximate surface area is 67.6 Å². The summed E-state index contributed by atoms with van der Waals surface area (Å²) < 4.78 is 0. The van der Waals surface area contributed by atoms with Gasteiger partial charge in [0.05, 0.1) is 0 Å². The van der Waals surface area contributed by atoms with Gasteiger partial charge < -0.3 is 10.2 Å². The molecule has 2 aliphatic rings. The number of likely N-dealkylation sites (tertiary alicyclic amines) is 1. The zero-order valence-electron chi connectivity index (χ0n) is 6.64. The van der Waals surface area contributed by atoms with Crippen molar-refractivity contribution in [1.29, 1.82) is 0 Å². The first-order valence-electron chi connectivity index (χ1n) is 4.24. The predicted octanol–water partition coefficient (Wildman–Crippen LogP) is 0.886. The summed E-state index contributed by atoms with van der Waals surface area (Å²) in [4.78, 5) is 2.36. The predicted molar refractivity (Wildman–Crippen MR) is 44.7 cm³/mol. The quantitative estimate of drug-likeness (QED) is 0.595. The van der Waals surface area contributed by atoms with E-state index in [4.69, 9.17) is 0 Å². The van der Waals surface area contributed by atoms with Crippen molar-refractivity contribution in [2.45, 2.75) is 12.8 Å². The molecule has 0 saturated carbocycles. The molecule has 1 radical (unpaired) electrons. The number of nitrogens with one attached hydrogen (secondary N) is 1. The van der Waals surface area contributed by atoms with Crippen molar-refractivity contribution in [3.63, 3.8) is 0 Å². The second-order valence-corrected chi connectivity index (χ2v) is 2.97. The second-order valence-electron chi connectivity index (χ2n) is 2.97. The van der Waals surface area contributed by atoms with Gasteiger partial charge in [-0.2, -0.15) is 0 Å². The van der Waals surface area contributed by atoms with Gasteiger partial charge in [0.2, 0.25) is 0 Å². The van der Waals surface area contributed by atoms with Crippen molar-refractivity contribution in [2.75, 3.05) is 19.6 Å². The van der Waals surface area contributed by atoms with E-state index >= 15 is 0 Å². The van der Waals surface area contributed by atoms with E-state index in [0.717, 1.165) is 6.54 Å². The van der Waals surface area contributed by atoms with Gasteiger partial charge in [0.15, 0.2) is 0 Å².